The summed E-state index contributed by atoms with van der Waals surface area (Å²) in [7, 11) is 0. The van der Waals surface area contributed by atoms with Gasteiger partial charge in [-0.2, -0.15) is 0 Å². The first-order valence-corrected chi connectivity index (χ1v) is 9.22. The molecule has 0 aromatic heterocycles. The predicted octanol–water partition coefficient (Wildman–Crippen LogP) is 1.63. The lowest BCUT2D eigenvalue weighted by molar-refractivity contribution is -0.142. The van der Waals surface area contributed by atoms with Gasteiger partial charge in [0.25, 0.3) is 5.91 Å². The molecule has 2 N–H and O–H groups in total. The number of para-hydroxylation sites is 1. The molecule has 1 aromatic carbocycles. The lowest BCUT2D eigenvalue weighted by atomic mass is 9.97. The number of ether oxygens (including phenoxy) is 3. The molecule has 4 aliphatic rings. The third kappa shape index (κ3) is 3.52. The fourth-order valence-electron chi connectivity index (χ4n) is 4.05. The molecular weight excluding hydrogens is 320 g/mol. The fraction of sp³-hybridized carbons (Fsp3) is 0.632. The third-order valence-electron chi connectivity index (χ3n) is 5.51. The number of piperidine rings is 1. The second-order valence-corrected chi connectivity index (χ2v) is 7.14. The molecular formula is C19H26N2O4. The van der Waals surface area contributed by atoms with Gasteiger partial charge >= 0.3 is 0 Å². The second kappa shape index (κ2) is 7.32. The molecule has 2 unspecified atom stereocenters. The van der Waals surface area contributed by atoms with Gasteiger partial charge in [0.05, 0.1) is 31.5 Å². The maximum atomic E-state index is 12.7. The summed E-state index contributed by atoms with van der Waals surface area (Å²) in [5, 5.41) is 0. The van der Waals surface area contributed by atoms with Gasteiger partial charge in [0.15, 0.2) is 6.61 Å². The Morgan fingerprint density at radius 2 is 1.96 bits per heavy atom. The number of nitrogens with zero attached hydrogens (tertiary/aromatic N) is 1. The Morgan fingerprint density at radius 1 is 1.08 bits per heavy atom. The van der Waals surface area contributed by atoms with Gasteiger partial charge in [0, 0.05) is 18.2 Å². The monoisotopic (exact) mass is 346 g/mol. The summed E-state index contributed by atoms with van der Waals surface area (Å²) in [6.45, 7) is 1.78. The van der Waals surface area contributed by atoms with Crippen molar-refractivity contribution in [3.8, 4) is 5.75 Å². The highest BCUT2D eigenvalue weighted by atomic mass is 16.5. The highest BCUT2D eigenvalue weighted by Crippen LogP contribution is 2.35. The smallest absolute Gasteiger partial charge is 0.260 e. The van der Waals surface area contributed by atoms with Crippen molar-refractivity contribution in [2.45, 2.75) is 50.0 Å². The van der Waals surface area contributed by atoms with Gasteiger partial charge in [0.2, 0.25) is 0 Å². The van der Waals surface area contributed by atoms with E-state index in [4.69, 9.17) is 19.9 Å². The zero-order chi connectivity index (χ0) is 17.2. The Morgan fingerprint density at radius 3 is 2.80 bits per heavy atom. The molecule has 1 amide bonds. The first kappa shape index (κ1) is 16.8. The summed E-state index contributed by atoms with van der Waals surface area (Å²) >= 11 is 0. The molecule has 4 heterocycles. The van der Waals surface area contributed by atoms with Crippen LogP contribution in [0.3, 0.4) is 0 Å². The van der Waals surface area contributed by atoms with E-state index in [2.05, 4.69) is 0 Å². The molecule has 6 nitrogen and oxygen atoms in total. The molecule has 4 atom stereocenters. The summed E-state index contributed by atoms with van der Waals surface area (Å²) in [5.41, 5.74) is 7.30. The summed E-state index contributed by atoms with van der Waals surface area (Å²) < 4.78 is 18.0. The quantitative estimate of drug-likeness (QED) is 0.773. The maximum absolute atomic E-state index is 12.7. The van der Waals surface area contributed by atoms with Gasteiger partial charge < -0.3 is 24.8 Å². The Balaban J connectivity index is 1.61. The molecule has 1 aromatic rings. The van der Waals surface area contributed by atoms with E-state index in [1.54, 1.807) is 0 Å². The van der Waals surface area contributed by atoms with Gasteiger partial charge in [-0.15, -0.1) is 0 Å². The highest BCUT2D eigenvalue weighted by Gasteiger charge is 2.35. The Bertz CT molecular complexity index is 615. The maximum Gasteiger partial charge on any atom is 0.260 e. The van der Waals surface area contributed by atoms with Crippen molar-refractivity contribution < 1.29 is 19.0 Å². The third-order valence-corrected chi connectivity index (χ3v) is 5.51. The van der Waals surface area contributed by atoms with Crippen LogP contribution in [0.15, 0.2) is 24.3 Å². The number of hydrogen-bond acceptors (Lipinski definition) is 5. The first-order valence-electron chi connectivity index (χ1n) is 9.22. The molecule has 4 aliphatic heterocycles. The van der Waals surface area contributed by atoms with Crippen molar-refractivity contribution in [3.05, 3.63) is 29.8 Å². The van der Waals surface area contributed by atoms with Gasteiger partial charge in [-0.1, -0.05) is 18.2 Å². The van der Waals surface area contributed by atoms with Gasteiger partial charge in [-0.25, -0.2) is 0 Å². The van der Waals surface area contributed by atoms with E-state index >= 15 is 0 Å². The normalized spacial score (nSPS) is 33.3. The molecule has 25 heavy (non-hydrogen) atoms. The lowest BCUT2D eigenvalue weighted by Crippen LogP contribution is -2.57. The summed E-state index contributed by atoms with van der Waals surface area (Å²) in [4.78, 5) is 14.6. The average Bonchev–Trinajstić information content (AvgIpc) is 2.66. The van der Waals surface area contributed by atoms with E-state index in [1.165, 1.54) is 0 Å². The largest absolute Gasteiger partial charge is 0.483 e. The van der Waals surface area contributed by atoms with Gasteiger partial charge in [-0.05, 0) is 31.7 Å². The number of amides is 1. The van der Waals surface area contributed by atoms with Crippen molar-refractivity contribution in [2.75, 3.05) is 26.4 Å². The van der Waals surface area contributed by atoms with Gasteiger partial charge in [0.1, 0.15) is 5.75 Å². The standard InChI is InChI=1S/C19H26N2O4/c20-15-5-3-9-21-16(15)11-23-13-7-8-18(24-10-13)14-4-1-2-6-17(14)25-12-19(21)22/h1-2,4,6,13,15-16,18H,3,5,7-12,20H2/t13-,15?,16?,18-/m1/s1. The van der Waals surface area contributed by atoms with Crippen molar-refractivity contribution in [2.24, 2.45) is 5.73 Å². The highest BCUT2D eigenvalue weighted by molar-refractivity contribution is 5.78. The zero-order valence-electron chi connectivity index (χ0n) is 14.4. The van der Waals surface area contributed by atoms with Crippen LogP contribution < -0.4 is 10.5 Å². The van der Waals surface area contributed by atoms with Crippen molar-refractivity contribution in [1.29, 1.82) is 0 Å². The van der Waals surface area contributed by atoms with E-state index in [9.17, 15) is 4.79 Å². The minimum atomic E-state index is -0.0847. The van der Waals surface area contributed by atoms with Crippen molar-refractivity contribution >= 4 is 5.91 Å². The molecule has 0 saturated carbocycles. The second-order valence-electron chi connectivity index (χ2n) is 7.14. The number of fused-ring (bicyclic) bond motifs is 5. The van der Waals surface area contributed by atoms with Crippen LogP contribution in [0.5, 0.6) is 5.75 Å². The van der Waals surface area contributed by atoms with E-state index in [-0.39, 0.29) is 36.8 Å². The summed E-state index contributed by atoms with van der Waals surface area (Å²) in [5.74, 6) is 0.711. The molecule has 2 saturated heterocycles. The number of nitrogens with two attached hydrogens (primary N) is 1. The number of carbonyl (C=O) groups is 1. The van der Waals surface area contributed by atoms with Crippen LogP contribution in [0.1, 0.15) is 37.4 Å². The SMILES string of the molecule is NC1CCCN2C(=O)COc3ccccc3[C@H]3CC[C@H](CO3)OCC12. The number of rotatable bonds is 0. The van der Waals surface area contributed by atoms with Gasteiger partial charge in [-0.3, -0.25) is 4.79 Å². The van der Waals surface area contributed by atoms with Crippen LogP contribution in [-0.2, 0) is 14.3 Å². The van der Waals surface area contributed by atoms with E-state index < -0.39 is 0 Å². The van der Waals surface area contributed by atoms with Crippen molar-refractivity contribution in [3.63, 3.8) is 0 Å². The number of hydrogen-bond donors (Lipinski definition) is 1. The predicted molar refractivity (Wildman–Crippen MR) is 92.3 cm³/mol. The summed E-state index contributed by atoms with van der Waals surface area (Å²) in [6, 6.07) is 7.70. The molecule has 0 aliphatic carbocycles. The van der Waals surface area contributed by atoms with Crippen LogP contribution in [0.25, 0.3) is 0 Å². The molecule has 2 fully saturated rings. The van der Waals surface area contributed by atoms with Crippen LogP contribution >= 0.6 is 0 Å². The Hall–Kier alpha value is -1.63. The Kier molecular flexibility index (Phi) is 4.92. The van der Waals surface area contributed by atoms with Crippen molar-refractivity contribution in [1.82, 2.24) is 4.90 Å². The van der Waals surface area contributed by atoms with Crippen LogP contribution in [0, 0.1) is 0 Å². The van der Waals surface area contributed by atoms with E-state index in [0.29, 0.717) is 13.2 Å². The topological polar surface area (TPSA) is 74.0 Å². The zero-order valence-corrected chi connectivity index (χ0v) is 14.4. The molecule has 5 rings (SSSR count). The first-order chi connectivity index (χ1) is 12.2. The number of carbonyl (C=O) groups excluding carboxylic acids is 1. The minimum Gasteiger partial charge on any atom is -0.483 e. The van der Waals surface area contributed by atoms with Crippen LogP contribution in [-0.4, -0.2) is 55.4 Å². The Labute approximate surface area is 148 Å². The average molecular weight is 346 g/mol. The van der Waals surface area contributed by atoms with E-state index in [0.717, 1.165) is 43.5 Å². The van der Waals surface area contributed by atoms with Crippen LogP contribution in [0.4, 0.5) is 0 Å². The van der Waals surface area contributed by atoms with Crippen LogP contribution in [0.2, 0.25) is 0 Å². The summed E-state index contributed by atoms with van der Waals surface area (Å²) in [6.07, 6.45) is 3.74. The molecule has 0 radical (unpaired) electrons. The lowest BCUT2D eigenvalue weighted by Gasteiger charge is -2.40. The molecule has 2 bridgehead atoms. The van der Waals surface area contributed by atoms with E-state index in [1.807, 2.05) is 29.2 Å². The number of benzene rings is 1. The molecule has 6 heteroatoms. The minimum absolute atomic E-state index is 0.00301. The molecule has 136 valence electrons. The molecule has 0 spiro atoms. The fourth-order valence-corrected chi connectivity index (χ4v) is 4.05.